The van der Waals surface area contributed by atoms with Gasteiger partial charge in [-0.3, -0.25) is 9.10 Å². The summed E-state index contributed by atoms with van der Waals surface area (Å²) in [6.45, 7) is 3.92. The van der Waals surface area contributed by atoms with E-state index < -0.39 is 10.0 Å². The van der Waals surface area contributed by atoms with Gasteiger partial charge in [-0.2, -0.15) is 0 Å². The lowest BCUT2D eigenvalue weighted by atomic mass is 10.0. The lowest BCUT2D eigenvalue weighted by molar-refractivity contribution is 0.0981. The van der Waals surface area contributed by atoms with Crippen molar-refractivity contribution < 1.29 is 22.7 Å². The molecule has 0 bridgehead atoms. The maximum absolute atomic E-state index is 13.1. The van der Waals surface area contributed by atoms with Crippen molar-refractivity contribution in [3.05, 3.63) is 48.0 Å². The van der Waals surface area contributed by atoms with E-state index in [1.165, 1.54) is 23.5 Å². The Kier molecular flexibility index (Phi) is 4.91. The average molecular weight is 375 g/mol. The molecule has 138 valence electrons. The summed E-state index contributed by atoms with van der Waals surface area (Å²) < 4.78 is 38.2. The summed E-state index contributed by atoms with van der Waals surface area (Å²) >= 11 is 0. The van der Waals surface area contributed by atoms with Crippen LogP contribution >= 0.6 is 0 Å². The molecule has 0 radical (unpaired) electrons. The minimum Gasteiger partial charge on any atom is -0.497 e. The quantitative estimate of drug-likeness (QED) is 0.802. The van der Waals surface area contributed by atoms with Gasteiger partial charge in [0.15, 0.2) is 5.78 Å². The molecule has 6 nitrogen and oxygen atoms in total. The second kappa shape index (κ2) is 6.99. The molecule has 2 aromatic carbocycles. The van der Waals surface area contributed by atoms with E-state index in [9.17, 15) is 13.2 Å². The molecule has 1 aliphatic rings. The third kappa shape index (κ3) is 3.39. The first-order chi connectivity index (χ1) is 12.3. The van der Waals surface area contributed by atoms with Gasteiger partial charge in [0.05, 0.1) is 23.8 Å². The molecule has 0 saturated heterocycles. The fourth-order valence-electron chi connectivity index (χ4n) is 2.88. The average Bonchev–Trinajstić information content (AvgIpc) is 2.61. The van der Waals surface area contributed by atoms with Crippen LogP contribution in [-0.4, -0.2) is 34.0 Å². The fraction of sp³-hybridized carbons (Fsp3) is 0.316. The molecule has 1 aliphatic heterocycles. The van der Waals surface area contributed by atoms with Gasteiger partial charge in [-0.15, -0.1) is 0 Å². The van der Waals surface area contributed by atoms with Crippen molar-refractivity contribution in [3.8, 4) is 11.5 Å². The lowest BCUT2D eigenvalue weighted by Crippen LogP contribution is -2.37. The highest BCUT2D eigenvalue weighted by Gasteiger charge is 2.32. The summed E-state index contributed by atoms with van der Waals surface area (Å²) in [5.41, 5.74) is 0.739. The zero-order chi connectivity index (χ0) is 18.9. The molecule has 0 fully saturated rings. The number of ketones is 1. The number of benzene rings is 2. The van der Waals surface area contributed by atoms with Crippen molar-refractivity contribution in [3.63, 3.8) is 0 Å². The first-order valence-corrected chi connectivity index (χ1v) is 9.77. The van der Waals surface area contributed by atoms with Crippen LogP contribution in [0.25, 0.3) is 0 Å². The second-order valence-corrected chi connectivity index (χ2v) is 8.13. The monoisotopic (exact) mass is 375 g/mol. The second-order valence-electron chi connectivity index (χ2n) is 6.27. The van der Waals surface area contributed by atoms with E-state index in [0.717, 1.165) is 0 Å². The Balaban J connectivity index is 1.98. The third-order valence-corrected chi connectivity index (χ3v) is 5.93. The Morgan fingerprint density at radius 2 is 1.69 bits per heavy atom. The first kappa shape index (κ1) is 18.3. The summed E-state index contributed by atoms with van der Waals surface area (Å²) in [6, 6.07) is 11.2. The molecule has 0 aliphatic carbocycles. The van der Waals surface area contributed by atoms with Gasteiger partial charge in [-0.25, -0.2) is 8.42 Å². The normalized spacial score (nSPS) is 14.3. The third-order valence-electron chi connectivity index (χ3n) is 4.10. The maximum atomic E-state index is 13.1. The van der Waals surface area contributed by atoms with Gasteiger partial charge in [-0.1, -0.05) is 0 Å². The van der Waals surface area contributed by atoms with E-state index in [-0.39, 0.29) is 29.7 Å². The highest BCUT2D eigenvalue weighted by atomic mass is 32.2. The molecule has 0 aromatic heterocycles. The number of rotatable bonds is 5. The molecule has 0 saturated carbocycles. The molecule has 7 heteroatoms. The topological polar surface area (TPSA) is 72.9 Å². The zero-order valence-electron chi connectivity index (χ0n) is 14.9. The van der Waals surface area contributed by atoms with Gasteiger partial charge in [0.2, 0.25) is 0 Å². The van der Waals surface area contributed by atoms with Crippen molar-refractivity contribution in [1.29, 1.82) is 0 Å². The Bertz CT molecular complexity index is 919. The SMILES string of the molecule is COc1ccc2c(c1)C(=O)CCN2S(=O)(=O)c1ccc(OC(C)C)cc1. The number of anilines is 1. The van der Waals surface area contributed by atoms with Crippen LogP contribution in [0.3, 0.4) is 0 Å². The van der Waals surface area contributed by atoms with Crippen LogP contribution in [0.5, 0.6) is 11.5 Å². The molecule has 2 aromatic rings. The Hall–Kier alpha value is -2.54. The number of carbonyl (C=O) groups excluding carboxylic acids is 1. The number of nitrogens with zero attached hydrogens (tertiary/aromatic N) is 1. The largest absolute Gasteiger partial charge is 0.497 e. The number of carbonyl (C=O) groups is 1. The van der Waals surface area contributed by atoms with Crippen LogP contribution in [0.15, 0.2) is 47.4 Å². The number of Topliss-reactive ketones (excluding diaryl/α,β-unsaturated/α-hetero) is 1. The van der Waals surface area contributed by atoms with Gasteiger partial charge in [-0.05, 0) is 56.3 Å². The molecular weight excluding hydrogens is 354 g/mol. The molecule has 0 N–H and O–H groups in total. The summed E-state index contributed by atoms with van der Waals surface area (Å²) in [6.07, 6.45) is 0.140. The number of sulfonamides is 1. The Morgan fingerprint density at radius 3 is 2.31 bits per heavy atom. The van der Waals surface area contributed by atoms with E-state index in [0.29, 0.717) is 22.7 Å². The van der Waals surface area contributed by atoms with Crippen LogP contribution in [0.4, 0.5) is 5.69 Å². The van der Waals surface area contributed by atoms with Crippen LogP contribution in [0.2, 0.25) is 0 Å². The van der Waals surface area contributed by atoms with Gasteiger partial charge < -0.3 is 9.47 Å². The first-order valence-electron chi connectivity index (χ1n) is 8.33. The highest BCUT2D eigenvalue weighted by Crippen LogP contribution is 2.34. The molecule has 26 heavy (non-hydrogen) atoms. The lowest BCUT2D eigenvalue weighted by Gasteiger charge is -2.30. The van der Waals surface area contributed by atoms with E-state index in [4.69, 9.17) is 9.47 Å². The van der Waals surface area contributed by atoms with Gasteiger partial charge in [0.25, 0.3) is 10.0 Å². The number of methoxy groups -OCH3 is 1. The van der Waals surface area contributed by atoms with Crippen molar-refractivity contribution in [2.24, 2.45) is 0 Å². The van der Waals surface area contributed by atoms with Crippen molar-refractivity contribution >= 4 is 21.5 Å². The smallest absolute Gasteiger partial charge is 0.264 e. The molecule has 1 heterocycles. The molecule has 0 unspecified atom stereocenters. The highest BCUT2D eigenvalue weighted by molar-refractivity contribution is 7.92. The summed E-state index contributed by atoms with van der Waals surface area (Å²) in [4.78, 5) is 12.4. The maximum Gasteiger partial charge on any atom is 0.264 e. The zero-order valence-corrected chi connectivity index (χ0v) is 15.7. The predicted octanol–water partition coefficient (Wildman–Crippen LogP) is 3.26. The molecule has 0 amide bonds. The van der Waals surface area contributed by atoms with Crippen LogP contribution in [0, 0.1) is 0 Å². The van der Waals surface area contributed by atoms with Crippen LogP contribution in [-0.2, 0) is 10.0 Å². The molecular formula is C19H21NO5S. The van der Waals surface area contributed by atoms with E-state index in [1.54, 1.807) is 30.3 Å². The Morgan fingerprint density at radius 1 is 1.04 bits per heavy atom. The minimum absolute atomic E-state index is 0.00687. The van der Waals surface area contributed by atoms with Gasteiger partial charge >= 0.3 is 0 Å². The molecule has 0 atom stereocenters. The minimum atomic E-state index is -3.78. The fourth-order valence-corrected chi connectivity index (χ4v) is 4.36. The summed E-state index contributed by atoms with van der Waals surface area (Å²) in [5, 5.41) is 0. The number of ether oxygens (including phenoxy) is 2. The van der Waals surface area contributed by atoms with Crippen molar-refractivity contribution in [1.82, 2.24) is 0 Å². The van der Waals surface area contributed by atoms with E-state index in [1.807, 2.05) is 13.8 Å². The number of fused-ring (bicyclic) bond motifs is 1. The van der Waals surface area contributed by atoms with E-state index in [2.05, 4.69) is 0 Å². The Labute approximate surface area is 153 Å². The standard InChI is InChI=1S/C19H21NO5S/c1-13(2)25-14-4-7-16(8-5-14)26(22,23)20-11-10-19(21)17-12-15(24-3)6-9-18(17)20/h4-9,12-13H,10-11H2,1-3H3. The number of hydrogen-bond acceptors (Lipinski definition) is 5. The summed E-state index contributed by atoms with van der Waals surface area (Å²) in [7, 11) is -2.27. The molecule has 0 spiro atoms. The predicted molar refractivity (Wildman–Crippen MR) is 98.7 cm³/mol. The van der Waals surface area contributed by atoms with Gasteiger partial charge in [0.1, 0.15) is 11.5 Å². The van der Waals surface area contributed by atoms with Crippen molar-refractivity contribution in [2.75, 3.05) is 18.0 Å². The van der Waals surface area contributed by atoms with Gasteiger partial charge in [0, 0.05) is 18.5 Å². The van der Waals surface area contributed by atoms with Crippen molar-refractivity contribution in [2.45, 2.75) is 31.3 Å². The summed E-state index contributed by atoms with van der Waals surface area (Å²) in [5.74, 6) is 1.04. The number of hydrogen-bond donors (Lipinski definition) is 0. The molecule has 3 rings (SSSR count). The van der Waals surface area contributed by atoms with Crippen LogP contribution in [0.1, 0.15) is 30.6 Å². The van der Waals surface area contributed by atoms with Crippen LogP contribution < -0.4 is 13.8 Å². The van der Waals surface area contributed by atoms with E-state index >= 15 is 0 Å².